The van der Waals surface area contributed by atoms with E-state index in [1.165, 1.54) is 5.01 Å². The molecule has 3 rings (SSSR count). The second kappa shape index (κ2) is 8.98. The number of ether oxygens (including phenoxy) is 1. The van der Waals surface area contributed by atoms with Crippen LogP contribution in [0.3, 0.4) is 0 Å². The van der Waals surface area contributed by atoms with E-state index in [2.05, 4.69) is 10.4 Å². The van der Waals surface area contributed by atoms with Crippen molar-refractivity contribution in [1.29, 1.82) is 0 Å². The molecule has 0 atom stereocenters. The average Bonchev–Trinajstić information content (AvgIpc) is 2.72. The van der Waals surface area contributed by atoms with Crippen molar-refractivity contribution in [3.8, 4) is 5.75 Å². The molecule has 1 N–H and O–H groups in total. The van der Waals surface area contributed by atoms with Gasteiger partial charge in [-0.1, -0.05) is 48.5 Å². The third kappa shape index (κ3) is 4.94. The van der Waals surface area contributed by atoms with E-state index in [0.29, 0.717) is 19.4 Å². The molecule has 0 unspecified atom stereocenters. The number of benzene rings is 2. The highest BCUT2D eigenvalue weighted by Gasteiger charge is 2.21. The van der Waals surface area contributed by atoms with Crippen molar-refractivity contribution < 1.29 is 14.3 Å². The fourth-order valence-electron chi connectivity index (χ4n) is 2.95. The van der Waals surface area contributed by atoms with Crippen LogP contribution in [-0.4, -0.2) is 36.2 Å². The van der Waals surface area contributed by atoms with Crippen LogP contribution in [0.2, 0.25) is 0 Å². The van der Waals surface area contributed by atoms with E-state index in [-0.39, 0.29) is 24.8 Å². The zero-order valence-electron chi connectivity index (χ0n) is 15.4. The molecule has 0 aromatic heterocycles. The molecule has 6 nitrogen and oxygen atoms in total. The minimum atomic E-state index is -0.129. The Morgan fingerprint density at radius 3 is 2.63 bits per heavy atom. The van der Waals surface area contributed by atoms with Crippen LogP contribution in [-0.2, 0) is 16.1 Å². The lowest BCUT2D eigenvalue weighted by molar-refractivity contribution is -0.132. The highest BCUT2D eigenvalue weighted by Crippen LogP contribution is 2.17. The predicted molar refractivity (Wildman–Crippen MR) is 103 cm³/mol. The number of nitrogens with zero attached hydrogens (tertiary/aromatic N) is 2. The maximum absolute atomic E-state index is 12.2. The third-order valence-corrected chi connectivity index (χ3v) is 4.43. The Labute approximate surface area is 158 Å². The molecule has 140 valence electrons. The Balaban J connectivity index is 1.55. The Kier molecular flexibility index (Phi) is 6.20. The minimum absolute atomic E-state index is 0.0489. The molecule has 6 heteroatoms. The number of methoxy groups -OCH3 is 1. The summed E-state index contributed by atoms with van der Waals surface area (Å²) in [5, 5.41) is 8.73. The summed E-state index contributed by atoms with van der Waals surface area (Å²) in [5.41, 5.74) is 2.80. The van der Waals surface area contributed by atoms with Crippen molar-refractivity contribution >= 4 is 17.5 Å². The van der Waals surface area contributed by atoms with Gasteiger partial charge in [0.2, 0.25) is 11.8 Å². The van der Waals surface area contributed by atoms with Gasteiger partial charge in [-0.3, -0.25) is 9.59 Å². The van der Waals surface area contributed by atoms with Gasteiger partial charge in [-0.05, 0) is 11.6 Å². The number of para-hydroxylation sites is 1. The normalized spacial score (nSPS) is 13.9. The molecule has 0 saturated heterocycles. The van der Waals surface area contributed by atoms with E-state index in [9.17, 15) is 9.59 Å². The Morgan fingerprint density at radius 2 is 1.85 bits per heavy atom. The van der Waals surface area contributed by atoms with E-state index < -0.39 is 0 Å². The summed E-state index contributed by atoms with van der Waals surface area (Å²) in [4.78, 5) is 24.3. The summed E-state index contributed by atoms with van der Waals surface area (Å²) >= 11 is 0. The Morgan fingerprint density at radius 1 is 1.11 bits per heavy atom. The summed E-state index contributed by atoms with van der Waals surface area (Å²) in [7, 11) is 1.60. The number of hydrogen-bond donors (Lipinski definition) is 1. The van der Waals surface area contributed by atoms with Crippen LogP contribution in [0, 0.1) is 0 Å². The van der Waals surface area contributed by atoms with Gasteiger partial charge >= 0.3 is 0 Å². The lowest BCUT2D eigenvalue weighted by Gasteiger charge is -2.23. The van der Waals surface area contributed by atoms with E-state index in [1.54, 1.807) is 7.11 Å². The maximum Gasteiger partial charge on any atom is 0.243 e. The van der Waals surface area contributed by atoms with Crippen molar-refractivity contribution in [2.75, 3.05) is 13.7 Å². The summed E-state index contributed by atoms with van der Waals surface area (Å²) in [6.45, 7) is 0.655. The summed E-state index contributed by atoms with van der Waals surface area (Å²) in [5.74, 6) is 0.559. The molecule has 27 heavy (non-hydrogen) atoms. The zero-order valence-corrected chi connectivity index (χ0v) is 15.4. The van der Waals surface area contributed by atoms with Gasteiger partial charge in [-0.25, -0.2) is 5.01 Å². The lowest BCUT2D eigenvalue weighted by Crippen LogP contribution is -2.35. The topological polar surface area (TPSA) is 71.0 Å². The molecule has 1 aliphatic rings. The molecule has 1 heterocycles. The van der Waals surface area contributed by atoms with Gasteiger partial charge in [0.25, 0.3) is 0 Å². The second-order valence-corrected chi connectivity index (χ2v) is 6.27. The van der Waals surface area contributed by atoms with Gasteiger partial charge in [0, 0.05) is 31.4 Å². The fourth-order valence-corrected chi connectivity index (χ4v) is 2.95. The molecule has 2 aromatic carbocycles. The first-order valence-electron chi connectivity index (χ1n) is 8.99. The number of hydrazone groups is 1. The zero-order chi connectivity index (χ0) is 19.1. The molecule has 2 amide bonds. The van der Waals surface area contributed by atoms with Gasteiger partial charge in [0.15, 0.2) is 0 Å². The molecule has 0 spiro atoms. The molecule has 0 saturated carbocycles. The van der Waals surface area contributed by atoms with Gasteiger partial charge < -0.3 is 10.1 Å². The van der Waals surface area contributed by atoms with Gasteiger partial charge in [0.1, 0.15) is 5.75 Å². The third-order valence-electron chi connectivity index (χ3n) is 4.43. The van der Waals surface area contributed by atoms with E-state index >= 15 is 0 Å². The van der Waals surface area contributed by atoms with Crippen LogP contribution >= 0.6 is 0 Å². The standard InChI is InChI=1S/C21H23N3O3/c1-27-19-10-6-5-9-17(19)15-22-20(25)13-14-24-21(26)12-11-18(23-24)16-7-3-2-4-8-16/h2-10H,11-15H2,1H3,(H,22,25). The number of hydrogen-bond acceptors (Lipinski definition) is 4. The fraction of sp³-hybridized carbons (Fsp3) is 0.286. The summed E-state index contributed by atoms with van der Waals surface area (Å²) < 4.78 is 5.28. The smallest absolute Gasteiger partial charge is 0.243 e. The van der Waals surface area contributed by atoms with Crippen molar-refractivity contribution in [3.63, 3.8) is 0 Å². The summed E-state index contributed by atoms with van der Waals surface area (Å²) in [6.07, 6.45) is 1.24. The number of amides is 2. The first-order chi connectivity index (χ1) is 13.2. The van der Waals surface area contributed by atoms with Crippen molar-refractivity contribution in [3.05, 3.63) is 65.7 Å². The van der Waals surface area contributed by atoms with E-state index in [4.69, 9.17) is 4.74 Å². The van der Waals surface area contributed by atoms with Crippen LogP contribution in [0.5, 0.6) is 5.75 Å². The van der Waals surface area contributed by atoms with E-state index in [0.717, 1.165) is 22.6 Å². The molecule has 1 aliphatic heterocycles. The first kappa shape index (κ1) is 18.6. The molecule has 2 aromatic rings. The monoisotopic (exact) mass is 365 g/mol. The molecular weight excluding hydrogens is 342 g/mol. The molecule has 0 bridgehead atoms. The van der Waals surface area contributed by atoms with Crippen LogP contribution in [0.1, 0.15) is 30.4 Å². The SMILES string of the molecule is COc1ccccc1CNC(=O)CCN1N=C(c2ccccc2)CCC1=O. The van der Waals surface area contributed by atoms with Gasteiger partial charge in [-0.15, -0.1) is 0 Å². The molecule has 0 radical (unpaired) electrons. The average molecular weight is 365 g/mol. The van der Waals surface area contributed by atoms with Gasteiger partial charge in [-0.2, -0.15) is 5.10 Å². The van der Waals surface area contributed by atoms with Crippen molar-refractivity contribution in [1.82, 2.24) is 10.3 Å². The summed E-state index contributed by atoms with van der Waals surface area (Å²) in [6, 6.07) is 17.3. The molecule has 0 fully saturated rings. The van der Waals surface area contributed by atoms with Crippen molar-refractivity contribution in [2.45, 2.75) is 25.8 Å². The lowest BCUT2D eigenvalue weighted by atomic mass is 10.0. The second-order valence-electron chi connectivity index (χ2n) is 6.27. The van der Waals surface area contributed by atoms with Crippen molar-refractivity contribution in [2.24, 2.45) is 5.10 Å². The van der Waals surface area contributed by atoms with E-state index in [1.807, 2.05) is 54.6 Å². The largest absolute Gasteiger partial charge is 0.496 e. The number of carbonyl (C=O) groups excluding carboxylic acids is 2. The molecular formula is C21H23N3O3. The first-order valence-corrected chi connectivity index (χ1v) is 8.99. The number of nitrogens with one attached hydrogen (secondary N) is 1. The highest BCUT2D eigenvalue weighted by atomic mass is 16.5. The van der Waals surface area contributed by atoms with Crippen LogP contribution in [0.4, 0.5) is 0 Å². The highest BCUT2D eigenvalue weighted by molar-refractivity contribution is 6.04. The minimum Gasteiger partial charge on any atom is -0.496 e. The Hall–Kier alpha value is -3.15. The van der Waals surface area contributed by atoms with Crippen LogP contribution in [0.15, 0.2) is 59.7 Å². The van der Waals surface area contributed by atoms with Crippen LogP contribution in [0.25, 0.3) is 0 Å². The van der Waals surface area contributed by atoms with Gasteiger partial charge in [0.05, 0.1) is 19.4 Å². The number of rotatable bonds is 7. The Bertz CT molecular complexity index is 834. The molecule has 0 aliphatic carbocycles. The maximum atomic E-state index is 12.2. The van der Waals surface area contributed by atoms with Crippen LogP contribution < -0.4 is 10.1 Å². The quantitative estimate of drug-likeness (QED) is 0.820. The predicted octanol–water partition coefficient (Wildman–Crippen LogP) is 2.73. The number of carbonyl (C=O) groups is 2.